The Morgan fingerprint density at radius 3 is 2.87 bits per heavy atom. The molecule has 31 heavy (non-hydrogen) atoms. The van der Waals surface area contributed by atoms with Gasteiger partial charge in [-0.1, -0.05) is 24.3 Å². The summed E-state index contributed by atoms with van der Waals surface area (Å²) in [6, 6.07) is 12.6. The molecular weight excluding hydrogens is 427 g/mol. The van der Waals surface area contributed by atoms with Gasteiger partial charge in [0.1, 0.15) is 0 Å². The van der Waals surface area contributed by atoms with E-state index in [0.717, 1.165) is 28.6 Å². The molecule has 6 nitrogen and oxygen atoms in total. The molecule has 2 heterocycles. The van der Waals surface area contributed by atoms with Gasteiger partial charge in [-0.3, -0.25) is 4.79 Å². The van der Waals surface area contributed by atoms with Gasteiger partial charge >= 0.3 is 6.18 Å². The van der Waals surface area contributed by atoms with Crippen LogP contribution in [0.5, 0.6) is 0 Å². The van der Waals surface area contributed by atoms with Crippen molar-refractivity contribution in [3.05, 3.63) is 76.9 Å². The molecule has 0 spiro atoms. The van der Waals surface area contributed by atoms with Crippen LogP contribution in [0.2, 0.25) is 0 Å². The van der Waals surface area contributed by atoms with Gasteiger partial charge in [-0.25, -0.2) is 10.4 Å². The number of thiazole rings is 1. The smallest absolute Gasteiger partial charge is 0.361 e. The van der Waals surface area contributed by atoms with Crippen molar-refractivity contribution in [3.8, 4) is 0 Å². The molecule has 2 aromatic heterocycles. The molecule has 4 rings (SSSR count). The fraction of sp³-hybridized carbons (Fsp3) is 0.0952. The topological polar surface area (TPSA) is 82.2 Å². The number of aromatic amines is 1. The van der Waals surface area contributed by atoms with Crippen molar-refractivity contribution in [2.24, 2.45) is 5.10 Å². The molecule has 0 unspecified atom stereocenters. The van der Waals surface area contributed by atoms with Crippen LogP contribution in [0.25, 0.3) is 10.9 Å². The number of rotatable bonds is 6. The van der Waals surface area contributed by atoms with Crippen LogP contribution in [0.15, 0.2) is 65.2 Å². The van der Waals surface area contributed by atoms with Gasteiger partial charge in [0, 0.05) is 33.7 Å². The lowest BCUT2D eigenvalue weighted by Gasteiger charge is -2.08. The highest BCUT2D eigenvalue weighted by atomic mass is 32.1. The second-order valence-corrected chi connectivity index (χ2v) is 7.47. The van der Waals surface area contributed by atoms with Crippen molar-refractivity contribution in [2.75, 3.05) is 5.32 Å². The maximum atomic E-state index is 12.8. The number of hydrogen-bond acceptors (Lipinski definition) is 5. The number of amides is 1. The number of aromatic nitrogens is 2. The average molecular weight is 443 g/mol. The van der Waals surface area contributed by atoms with E-state index in [9.17, 15) is 18.0 Å². The van der Waals surface area contributed by atoms with Crippen LogP contribution in [0, 0.1) is 0 Å². The standard InChI is InChI=1S/C21H16F3N5OS/c22-21(23,24)14-4-3-5-15(8-14)27-20-28-16(12-31-20)9-19(30)29-26-11-13-10-25-18-7-2-1-6-17(13)18/h1-8,10-12,25H,9H2,(H,27,28)(H,29,30)/b26-11-. The van der Waals surface area contributed by atoms with Crippen LogP contribution >= 0.6 is 11.3 Å². The van der Waals surface area contributed by atoms with E-state index in [0.29, 0.717) is 10.8 Å². The number of benzene rings is 2. The van der Waals surface area contributed by atoms with Crippen LogP contribution in [0.4, 0.5) is 24.0 Å². The average Bonchev–Trinajstić information content (AvgIpc) is 3.34. The van der Waals surface area contributed by atoms with E-state index in [-0.39, 0.29) is 18.0 Å². The van der Waals surface area contributed by atoms with Crippen LogP contribution < -0.4 is 10.7 Å². The first kappa shape index (κ1) is 20.6. The molecule has 4 aromatic rings. The van der Waals surface area contributed by atoms with E-state index < -0.39 is 11.7 Å². The predicted molar refractivity (Wildman–Crippen MR) is 115 cm³/mol. The van der Waals surface area contributed by atoms with Crippen LogP contribution in [0.1, 0.15) is 16.8 Å². The number of H-pyrrole nitrogens is 1. The maximum absolute atomic E-state index is 12.8. The van der Waals surface area contributed by atoms with Gasteiger partial charge in [0.15, 0.2) is 5.13 Å². The van der Waals surface area contributed by atoms with E-state index in [2.05, 4.69) is 25.8 Å². The Morgan fingerprint density at radius 2 is 2.03 bits per heavy atom. The molecule has 0 aliphatic rings. The van der Waals surface area contributed by atoms with Crippen molar-refractivity contribution in [2.45, 2.75) is 12.6 Å². The molecule has 0 fully saturated rings. The molecular formula is C21H16F3N5OS. The Hall–Kier alpha value is -3.66. The number of carbonyl (C=O) groups excluding carboxylic acids is 1. The van der Waals surface area contributed by atoms with Crippen molar-refractivity contribution in [1.29, 1.82) is 0 Å². The monoisotopic (exact) mass is 443 g/mol. The molecule has 1 amide bonds. The Kier molecular flexibility index (Phi) is 5.72. The summed E-state index contributed by atoms with van der Waals surface area (Å²) in [5.74, 6) is -0.355. The minimum absolute atomic E-state index is 0.00794. The molecule has 0 aliphatic heterocycles. The van der Waals surface area contributed by atoms with Crippen molar-refractivity contribution >= 4 is 45.2 Å². The molecule has 0 atom stereocenters. The van der Waals surface area contributed by atoms with E-state index in [1.807, 2.05) is 24.3 Å². The molecule has 3 N–H and O–H groups in total. The highest BCUT2D eigenvalue weighted by Crippen LogP contribution is 2.31. The minimum atomic E-state index is -4.42. The van der Waals surface area contributed by atoms with Crippen LogP contribution in [-0.4, -0.2) is 22.1 Å². The van der Waals surface area contributed by atoms with Crippen LogP contribution in [-0.2, 0) is 17.4 Å². The fourth-order valence-electron chi connectivity index (χ4n) is 2.92. The summed E-state index contributed by atoms with van der Waals surface area (Å²) in [6.45, 7) is 0. The van der Waals surface area contributed by atoms with Crippen molar-refractivity contribution in [3.63, 3.8) is 0 Å². The Balaban J connectivity index is 1.34. The number of nitrogens with one attached hydrogen (secondary N) is 3. The van der Waals surface area contributed by atoms with E-state index in [1.54, 1.807) is 17.8 Å². The van der Waals surface area contributed by atoms with Crippen molar-refractivity contribution < 1.29 is 18.0 Å². The number of fused-ring (bicyclic) bond motifs is 1. The van der Waals surface area contributed by atoms with Gasteiger partial charge in [-0.2, -0.15) is 18.3 Å². The molecule has 0 saturated carbocycles. The third kappa shape index (κ3) is 5.10. The molecule has 0 aliphatic carbocycles. The zero-order valence-electron chi connectivity index (χ0n) is 15.9. The number of halogens is 3. The summed E-state index contributed by atoms with van der Waals surface area (Å²) < 4.78 is 38.5. The fourth-order valence-corrected chi connectivity index (χ4v) is 3.65. The Morgan fingerprint density at radius 1 is 1.19 bits per heavy atom. The number of hydrazone groups is 1. The second-order valence-electron chi connectivity index (χ2n) is 6.61. The van der Waals surface area contributed by atoms with E-state index in [1.165, 1.54) is 23.5 Å². The zero-order chi connectivity index (χ0) is 21.8. The number of carbonyl (C=O) groups is 1. The first-order valence-electron chi connectivity index (χ1n) is 9.15. The first-order chi connectivity index (χ1) is 14.9. The Bertz CT molecular complexity index is 1250. The summed E-state index contributed by atoms with van der Waals surface area (Å²) in [7, 11) is 0. The normalized spacial score (nSPS) is 11.8. The number of para-hydroxylation sites is 1. The van der Waals surface area contributed by atoms with Crippen molar-refractivity contribution in [1.82, 2.24) is 15.4 Å². The SMILES string of the molecule is O=C(Cc1csc(Nc2cccc(C(F)(F)F)c2)n1)N/N=C\c1c[nH]c2ccccc12. The summed E-state index contributed by atoms with van der Waals surface area (Å²) in [6.07, 6.45) is -1.08. The Labute approximate surface area is 178 Å². The van der Waals surface area contributed by atoms with Gasteiger partial charge in [0.2, 0.25) is 5.91 Å². The number of hydrogen-bond donors (Lipinski definition) is 3. The van der Waals surface area contributed by atoms with Gasteiger partial charge in [0.25, 0.3) is 0 Å². The van der Waals surface area contributed by atoms with E-state index >= 15 is 0 Å². The lowest BCUT2D eigenvalue weighted by Crippen LogP contribution is -2.19. The highest BCUT2D eigenvalue weighted by Gasteiger charge is 2.30. The van der Waals surface area contributed by atoms with Gasteiger partial charge in [0.05, 0.1) is 23.9 Å². The molecule has 0 bridgehead atoms. The minimum Gasteiger partial charge on any atom is -0.361 e. The summed E-state index contributed by atoms with van der Waals surface area (Å²) in [5.41, 5.74) is 4.27. The molecule has 10 heteroatoms. The van der Waals surface area contributed by atoms with Gasteiger partial charge in [-0.05, 0) is 24.3 Å². The summed E-state index contributed by atoms with van der Waals surface area (Å²) >= 11 is 1.20. The quantitative estimate of drug-likeness (QED) is 0.287. The van der Waals surface area contributed by atoms with Gasteiger partial charge in [-0.15, -0.1) is 11.3 Å². The molecule has 0 saturated heterocycles. The number of nitrogens with zero attached hydrogens (tertiary/aromatic N) is 2. The molecule has 0 radical (unpaired) electrons. The van der Waals surface area contributed by atoms with Gasteiger partial charge < -0.3 is 10.3 Å². The zero-order valence-corrected chi connectivity index (χ0v) is 16.7. The van der Waals surface area contributed by atoms with Crippen LogP contribution in [0.3, 0.4) is 0 Å². The van der Waals surface area contributed by atoms with E-state index in [4.69, 9.17) is 0 Å². The highest BCUT2D eigenvalue weighted by molar-refractivity contribution is 7.13. The summed E-state index contributed by atoms with van der Waals surface area (Å²) in [4.78, 5) is 19.5. The third-order valence-electron chi connectivity index (χ3n) is 4.35. The largest absolute Gasteiger partial charge is 0.416 e. The second kappa shape index (κ2) is 8.60. The first-order valence-corrected chi connectivity index (χ1v) is 10.0. The predicted octanol–water partition coefficient (Wildman–Crippen LogP) is 5.08. The molecule has 158 valence electrons. The lowest BCUT2D eigenvalue weighted by molar-refractivity contribution is -0.137. The molecule has 2 aromatic carbocycles. The summed E-state index contributed by atoms with van der Waals surface area (Å²) in [5, 5.41) is 9.86. The number of anilines is 2. The third-order valence-corrected chi connectivity index (χ3v) is 5.16. The maximum Gasteiger partial charge on any atom is 0.416 e. The number of alkyl halides is 3. The lowest BCUT2D eigenvalue weighted by atomic mass is 10.2.